The molecule has 0 nitrogen and oxygen atoms in total. The molecule has 0 aromatic rings. The van der Waals surface area contributed by atoms with Crippen LogP contribution in [0.2, 0.25) is 7.93 Å². The second kappa shape index (κ2) is 3.75. The number of rotatable bonds is 2. The van der Waals surface area contributed by atoms with E-state index in [9.17, 15) is 0 Å². The molecule has 0 unspecified atom stereocenters. The average molecular weight is 214 g/mol. The zero-order valence-corrected chi connectivity index (χ0v) is 7.89. The molecule has 0 atom stereocenters. The van der Waals surface area contributed by atoms with Crippen molar-refractivity contribution in [3.05, 3.63) is 0 Å². The van der Waals surface area contributed by atoms with Crippen LogP contribution >= 0.6 is 0 Å². The van der Waals surface area contributed by atoms with Crippen LogP contribution in [0.5, 0.6) is 0 Å². The molecule has 0 aromatic carbocycles. The monoisotopic (exact) mass is 216 g/mol. The number of hydrogen-bond donors (Lipinski definition) is 0. The van der Waals surface area contributed by atoms with Crippen LogP contribution in [-0.2, 0) is 0 Å². The fraction of sp³-hybridized carbons (Fsp3) is 1.00. The molecule has 0 aliphatic rings. The van der Waals surface area contributed by atoms with Crippen LogP contribution in [0.1, 0.15) is 27.7 Å². The van der Waals surface area contributed by atoms with E-state index < -0.39 is 0 Å². The second-order valence-electron chi connectivity index (χ2n) is 2.23. The van der Waals surface area contributed by atoms with E-state index in [0.717, 1.165) is 7.93 Å². The molecule has 0 spiro atoms. The van der Waals surface area contributed by atoms with Crippen LogP contribution in [0.4, 0.5) is 0 Å². The summed E-state index contributed by atoms with van der Waals surface area (Å²) >= 11 is 0.350. The van der Waals surface area contributed by atoms with Gasteiger partial charge in [-0.25, -0.2) is 0 Å². The SMILES string of the molecule is CC(C)[Te]C(C)C. The Kier molecular flexibility index (Phi) is 4.17. The first-order valence-electron chi connectivity index (χ1n) is 2.78. The van der Waals surface area contributed by atoms with Gasteiger partial charge in [0.05, 0.1) is 0 Å². The van der Waals surface area contributed by atoms with Crippen molar-refractivity contribution < 1.29 is 0 Å². The molecule has 0 saturated heterocycles. The molecule has 0 bridgehead atoms. The van der Waals surface area contributed by atoms with Crippen molar-refractivity contribution in [2.24, 2.45) is 0 Å². The predicted octanol–water partition coefficient (Wildman–Crippen LogP) is 2.35. The minimum atomic E-state index is 0.350. The summed E-state index contributed by atoms with van der Waals surface area (Å²) in [5, 5.41) is 0. The van der Waals surface area contributed by atoms with E-state index in [4.69, 9.17) is 0 Å². The van der Waals surface area contributed by atoms with Crippen molar-refractivity contribution in [3.63, 3.8) is 0 Å². The first-order chi connectivity index (χ1) is 3.13. The van der Waals surface area contributed by atoms with E-state index in [-0.39, 0.29) is 0 Å². The summed E-state index contributed by atoms with van der Waals surface area (Å²) in [6.07, 6.45) is 0. The van der Waals surface area contributed by atoms with E-state index in [1.165, 1.54) is 0 Å². The Bertz CT molecular complexity index is 33.4. The first kappa shape index (κ1) is 7.79. The summed E-state index contributed by atoms with van der Waals surface area (Å²) in [6, 6.07) is 0. The predicted molar refractivity (Wildman–Crippen MR) is 35.9 cm³/mol. The van der Waals surface area contributed by atoms with Crippen LogP contribution < -0.4 is 0 Å². The van der Waals surface area contributed by atoms with E-state index in [1.807, 2.05) is 0 Å². The van der Waals surface area contributed by atoms with E-state index in [1.54, 1.807) is 0 Å². The van der Waals surface area contributed by atoms with Crippen molar-refractivity contribution in [1.29, 1.82) is 0 Å². The van der Waals surface area contributed by atoms with Crippen LogP contribution in [0.15, 0.2) is 0 Å². The van der Waals surface area contributed by atoms with Gasteiger partial charge in [0.15, 0.2) is 0 Å². The van der Waals surface area contributed by atoms with E-state index in [0.29, 0.717) is 20.9 Å². The Morgan fingerprint density at radius 2 is 1.14 bits per heavy atom. The molecule has 0 N–H and O–H groups in total. The second-order valence-corrected chi connectivity index (χ2v) is 8.39. The molecule has 0 aromatic heterocycles. The molecular formula is C6H14Te. The summed E-state index contributed by atoms with van der Waals surface area (Å²) in [4.78, 5) is 0. The van der Waals surface area contributed by atoms with Crippen molar-refractivity contribution in [1.82, 2.24) is 0 Å². The average Bonchev–Trinajstić information content (AvgIpc) is 1.27. The van der Waals surface area contributed by atoms with Gasteiger partial charge in [-0.15, -0.1) is 0 Å². The van der Waals surface area contributed by atoms with E-state index in [2.05, 4.69) is 27.7 Å². The van der Waals surface area contributed by atoms with Gasteiger partial charge >= 0.3 is 56.5 Å². The van der Waals surface area contributed by atoms with Gasteiger partial charge in [-0.2, -0.15) is 0 Å². The third-order valence-corrected chi connectivity index (χ3v) is 3.65. The zero-order chi connectivity index (χ0) is 5.86. The van der Waals surface area contributed by atoms with Gasteiger partial charge in [0.2, 0.25) is 0 Å². The topological polar surface area (TPSA) is 0 Å². The zero-order valence-electron chi connectivity index (χ0n) is 5.56. The maximum absolute atomic E-state index is 2.32. The molecule has 0 fully saturated rings. The normalized spacial score (nSPS) is 11.1. The van der Waals surface area contributed by atoms with Gasteiger partial charge in [-0.05, 0) is 0 Å². The molecule has 0 saturated carbocycles. The van der Waals surface area contributed by atoms with Gasteiger partial charge in [-0.3, -0.25) is 0 Å². The van der Waals surface area contributed by atoms with Gasteiger partial charge in [0, 0.05) is 0 Å². The Morgan fingerprint density at radius 3 is 1.14 bits per heavy atom. The summed E-state index contributed by atoms with van der Waals surface area (Å²) in [5.74, 6) is 0. The van der Waals surface area contributed by atoms with Crippen molar-refractivity contribution in [2.45, 2.75) is 35.6 Å². The van der Waals surface area contributed by atoms with Crippen LogP contribution in [0.25, 0.3) is 0 Å². The van der Waals surface area contributed by atoms with Gasteiger partial charge in [0.25, 0.3) is 0 Å². The Hall–Kier alpha value is 0.790. The Balaban J connectivity index is 2.95. The third-order valence-electron chi connectivity index (χ3n) is 0.544. The molecule has 0 rings (SSSR count). The molecule has 7 heavy (non-hydrogen) atoms. The molecule has 0 amide bonds. The van der Waals surface area contributed by atoms with Crippen molar-refractivity contribution in [3.8, 4) is 0 Å². The quantitative estimate of drug-likeness (QED) is 0.618. The molecular weight excluding hydrogens is 200 g/mol. The minimum absolute atomic E-state index is 0.350. The Labute approximate surface area is 56.8 Å². The van der Waals surface area contributed by atoms with Gasteiger partial charge in [-0.1, -0.05) is 0 Å². The van der Waals surface area contributed by atoms with E-state index >= 15 is 0 Å². The van der Waals surface area contributed by atoms with Crippen LogP contribution in [-0.4, -0.2) is 20.9 Å². The van der Waals surface area contributed by atoms with Gasteiger partial charge in [0.1, 0.15) is 0 Å². The molecule has 0 heterocycles. The van der Waals surface area contributed by atoms with Crippen LogP contribution in [0.3, 0.4) is 0 Å². The van der Waals surface area contributed by atoms with Crippen molar-refractivity contribution >= 4 is 20.9 Å². The molecule has 0 aliphatic heterocycles. The number of hydrogen-bond acceptors (Lipinski definition) is 0. The molecule has 0 radical (unpaired) electrons. The van der Waals surface area contributed by atoms with Crippen LogP contribution in [0, 0.1) is 0 Å². The first-order valence-corrected chi connectivity index (χ1v) is 5.47. The summed E-state index contributed by atoms with van der Waals surface area (Å²) in [6.45, 7) is 9.29. The maximum atomic E-state index is 2.32. The van der Waals surface area contributed by atoms with Gasteiger partial charge < -0.3 is 0 Å². The fourth-order valence-electron chi connectivity index (χ4n) is 0.544. The summed E-state index contributed by atoms with van der Waals surface area (Å²) < 4.78 is 2.01. The molecule has 0 aliphatic carbocycles. The Morgan fingerprint density at radius 1 is 0.857 bits per heavy atom. The standard InChI is InChI=1S/C6H14Te/c1-5(2)7-6(3)4/h5-6H,1-4H3. The summed E-state index contributed by atoms with van der Waals surface area (Å²) in [5.41, 5.74) is 0. The van der Waals surface area contributed by atoms with Crippen molar-refractivity contribution in [2.75, 3.05) is 0 Å². The summed E-state index contributed by atoms with van der Waals surface area (Å²) in [7, 11) is 0. The molecule has 44 valence electrons. The third kappa shape index (κ3) is 6.79. The molecule has 1 heteroatoms. The fourth-order valence-corrected chi connectivity index (χ4v) is 3.65.